The normalized spacial score (nSPS) is 20.7. The zero-order valence-electron chi connectivity index (χ0n) is 12.6. The average molecular weight is 404 g/mol. The van der Waals surface area contributed by atoms with Crippen molar-refractivity contribution in [2.24, 2.45) is 5.92 Å². The Balaban J connectivity index is 2.14. The summed E-state index contributed by atoms with van der Waals surface area (Å²) in [5.41, 5.74) is 0.749. The minimum atomic E-state index is -3.14. The number of methoxy groups -OCH3 is 1. The van der Waals surface area contributed by atoms with Gasteiger partial charge in [0, 0.05) is 4.47 Å². The van der Waals surface area contributed by atoms with Crippen LogP contribution < -0.4 is 5.32 Å². The summed E-state index contributed by atoms with van der Waals surface area (Å²) in [5, 5.41) is 2.78. The van der Waals surface area contributed by atoms with Crippen molar-refractivity contribution in [3.8, 4) is 0 Å². The Morgan fingerprint density at radius 1 is 1.43 bits per heavy atom. The fourth-order valence-corrected chi connectivity index (χ4v) is 4.68. The second kappa shape index (κ2) is 7.44. The average Bonchev–Trinajstić information content (AvgIpc) is 2.86. The van der Waals surface area contributed by atoms with Crippen LogP contribution in [-0.2, 0) is 24.2 Å². The van der Waals surface area contributed by atoms with E-state index in [0.29, 0.717) is 6.42 Å². The van der Waals surface area contributed by atoms with E-state index in [9.17, 15) is 18.0 Å². The highest BCUT2D eigenvalue weighted by atomic mass is 79.9. The maximum atomic E-state index is 12.3. The van der Waals surface area contributed by atoms with Gasteiger partial charge in [-0.1, -0.05) is 28.1 Å². The number of hydrogen-bond acceptors (Lipinski definition) is 5. The first kappa shape index (κ1) is 17.9. The molecule has 1 aromatic rings. The van der Waals surface area contributed by atoms with Crippen LogP contribution in [0.15, 0.2) is 28.7 Å². The van der Waals surface area contributed by atoms with Crippen molar-refractivity contribution < 1.29 is 22.7 Å². The topological polar surface area (TPSA) is 89.5 Å². The van der Waals surface area contributed by atoms with Gasteiger partial charge in [-0.15, -0.1) is 0 Å². The van der Waals surface area contributed by atoms with Gasteiger partial charge in [0.2, 0.25) is 5.91 Å². The number of carbonyl (C=O) groups is 2. The van der Waals surface area contributed by atoms with Gasteiger partial charge >= 0.3 is 5.97 Å². The Morgan fingerprint density at radius 3 is 2.74 bits per heavy atom. The van der Waals surface area contributed by atoms with Crippen LogP contribution in [0.4, 0.5) is 0 Å². The number of nitrogens with one attached hydrogen (secondary N) is 1. The summed E-state index contributed by atoms with van der Waals surface area (Å²) in [7, 11) is -1.85. The molecule has 0 radical (unpaired) electrons. The van der Waals surface area contributed by atoms with Gasteiger partial charge in [-0.05, 0) is 24.1 Å². The summed E-state index contributed by atoms with van der Waals surface area (Å²) in [6.07, 6.45) is 0.301. The van der Waals surface area contributed by atoms with E-state index in [-0.39, 0.29) is 23.8 Å². The lowest BCUT2D eigenvalue weighted by Crippen LogP contribution is -2.35. The molecule has 1 fully saturated rings. The van der Waals surface area contributed by atoms with Gasteiger partial charge in [0.15, 0.2) is 9.84 Å². The Kier molecular flexibility index (Phi) is 5.80. The molecule has 1 aromatic carbocycles. The molecule has 0 spiro atoms. The van der Waals surface area contributed by atoms with Gasteiger partial charge in [-0.2, -0.15) is 0 Å². The summed E-state index contributed by atoms with van der Waals surface area (Å²) in [6.45, 7) is 0. The molecule has 2 rings (SSSR count). The quantitative estimate of drug-likeness (QED) is 0.754. The number of benzene rings is 1. The highest BCUT2D eigenvalue weighted by Crippen LogP contribution is 2.24. The Bertz CT molecular complexity index is 704. The molecule has 1 N–H and O–H groups in total. The third-order valence-electron chi connectivity index (χ3n) is 3.77. The summed E-state index contributed by atoms with van der Waals surface area (Å²) in [6, 6.07) is 6.68. The molecule has 1 aliphatic heterocycles. The smallest absolute Gasteiger partial charge is 0.307 e. The van der Waals surface area contributed by atoms with Gasteiger partial charge < -0.3 is 10.1 Å². The lowest BCUT2D eigenvalue weighted by molar-refractivity contribution is -0.141. The van der Waals surface area contributed by atoms with Crippen LogP contribution in [0.1, 0.15) is 24.4 Å². The molecular formula is C15H18BrNO5S. The Hall–Kier alpha value is -1.41. The molecule has 0 unspecified atom stereocenters. The molecule has 1 aliphatic rings. The van der Waals surface area contributed by atoms with E-state index in [1.165, 1.54) is 7.11 Å². The number of hydrogen-bond donors (Lipinski definition) is 1. The van der Waals surface area contributed by atoms with Crippen molar-refractivity contribution in [3.63, 3.8) is 0 Å². The van der Waals surface area contributed by atoms with Crippen LogP contribution in [0.3, 0.4) is 0 Å². The molecule has 0 saturated carbocycles. The molecule has 8 heteroatoms. The van der Waals surface area contributed by atoms with Crippen molar-refractivity contribution in [3.05, 3.63) is 34.3 Å². The highest BCUT2D eigenvalue weighted by Gasteiger charge is 2.34. The Morgan fingerprint density at radius 2 is 2.17 bits per heavy atom. The first-order valence-corrected chi connectivity index (χ1v) is 9.75. The third kappa shape index (κ3) is 5.04. The van der Waals surface area contributed by atoms with Gasteiger partial charge in [-0.25, -0.2) is 8.42 Å². The van der Waals surface area contributed by atoms with E-state index >= 15 is 0 Å². The highest BCUT2D eigenvalue weighted by molar-refractivity contribution is 9.10. The fraction of sp³-hybridized carbons (Fsp3) is 0.467. The molecule has 23 heavy (non-hydrogen) atoms. The van der Waals surface area contributed by atoms with Crippen LogP contribution in [0.5, 0.6) is 0 Å². The second-order valence-electron chi connectivity index (χ2n) is 5.50. The molecule has 0 bridgehead atoms. The van der Waals surface area contributed by atoms with Crippen LogP contribution in [0.2, 0.25) is 0 Å². The summed E-state index contributed by atoms with van der Waals surface area (Å²) >= 11 is 3.35. The molecule has 0 aromatic heterocycles. The van der Waals surface area contributed by atoms with Crippen molar-refractivity contribution in [2.75, 3.05) is 18.6 Å². The lowest BCUT2D eigenvalue weighted by atomic mass is 10.0. The molecule has 6 nitrogen and oxygen atoms in total. The minimum absolute atomic E-state index is 0.0157. The summed E-state index contributed by atoms with van der Waals surface area (Å²) in [4.78, 5) is 23.9. The number of carbonyl (C=O) groups excluding carboxylic acids is 2. The fourth-order valence-electron chi connectivity index (χ4n) is 2.52. The standard InChI is InChI=1S/C15H18BrNO5S/c1-22-14(18)8-13(10-3-2-4-12(16)7-10)17-15(19)11-5-6-23(20,21)9-11/h2-4,7,11,13H,5-6,8-9H2,1H3,(H,17,19)/t11-,13-/m0/s1. The number of esters is 1. The van der Waals surface area contributed by atoms with Gasteiger partial charge in [0.25, 0.3) is 0 Å². The van der Waals surface area contributed by atoms with Crippen molar-refractivity contribution >= 4 is 37.6 Å². The van der Waals surface area contributed by atoms with Crippen LogP contribution in [0, 0.1) is 5.92 Å². The summed E-state index contributed by atoms with van der Waals surface area (Å²) in [5.74, 6) is -1.46. The number of rotatable bonds is 5. The van der Waals surface area contributed by atoms with Crippen LogP contribution in [-0.4, -0.2) is 38.9 Å². The third-order valence-corrected chi connectivity index (χ3v) is 6.03. The number of amides is 1. The molecule has 0 aliphatic carbocycles. The zero-order valence-corrected chi connectivity index (χ0v) is 15.0. The first-order chi connectivity index (χ1) is 10.8. The van der Waals surface area contributed by atoms with Gasteiger partial charge in [0.05, 0.1) is 37.0 Å². The number of sulfone groups is 1. The van der Waals surface area contributed by atoms with E-state index in [2.05, 4.69) is 26.0 Å². The molecule has 1 amide bonds. The molecular weight excluding hydrogens is 386 g/mol. The van der Waals surface area contributed by atoms with E-state index < -0.39 is 27.8 Å². The maximum absolute atomic E-state index is 12.3. The number of halogens is 1. The monoisotopic (exact) mass is 403 g/mol. The maximum Gasteiger partial charge on any atom is 0.307 e. The summed E-state index contributed by atoms with van der Waals surface area (Å²) < 4.78 is 28.5. The largest absolute Gasteiger partial charge is 0.469 e. The van der Waals surface area contributed by atoms with Crippen LogP contribution >= 0.6 is 15.9 Å². The van der Waals surface area contributed by atoms with E-state index in [0.717, 1.165) is 10.0 Å². The molecule has 2 atom stereocenters. The van der Waals surface area contributed by atoms with E-state index in [1.54, 1.807) is 18.2 Å². The zero-order chi connectivity index (χ0) is 17.0. The second-order valence-corrected chi connectivity index (χ2v) is 8.64. The van der Waals surface area contributed by atoms with Crippen molar-refractivity contribution in [1.29, 1.82) is 0 Å². The van der Waals surface area contributed by atoms with E-state index in [1.807, 2.05) is 6.07 Å². The number of ether oxygens (including phenoxy) is 1. The lowest BCUT2D eigenvalue weighted by Gasteiger charge is -2.20. The first-order valence-electron chi connectivity index (χ1n) is 7.14. The van der Waals surface area contributed by atoms with Crippen LogP contribution in [0.25, 0.3) is 0 Å². The Labute approximate surface area is 143 Å². The molecule has 126 valence electrons. The van der Waals surface area contributed by atoms with Crippen molar-refractivity contribution in [1.82, 2.24) is 5.32 Å². The SMILES string of the molecule is COC(=O)C[C@H](NC(=O)[C@H]1CCS(=O)(=O)C1)c1cccc(Br)c1. The van der Waals surface area contributed by atoms with Gasteiger partial charge in [-0.3, -0.25) is 9.59 Å². The molecule has 1 saturated heterocycles. The minimum Gasteiger partial charge on any atom is -0.469 e. The van der Waals surface area contributed by atoms with Crippen molar-refractivity contribution in [2.45, 2.75) is 18.9 Å². The van der Waals surface area contributed by atoms with E-state index in [4.69, 9.17) is 0 Å². The predicted molar refractivity (Wildman–Crippen MR) is 88.4 cm³/mol. The van der Waals surface area contributed by atoms with Gasteiger partial charge in [0.1, 0.15) is 0 Å². The predicted octanol–water partition coefficient (Wildman–Crippen LogP) is 1.60. The molecule has 1 heterocycles.